The van der Waals surface area contributed by atoms with Crippen LogP contribution in [0.4, 0.5) is 0 Å². The molecule has 0 aromatic carbocycles. The molecule has 17 heavy (non-hydrogen) atoms. The normalized spacial score (nSPS) is 19.9. The minimum atomic E-state index is 0.722. The summed E-state index contributed by atoms with van der Waals surface area (Å²) in [7, 11) is 0. The Morgan fingerprint density at radius 2 is 2.35 bits per heavy atom. The van der Waals surface area contributed by atoms with Crippen LogP contribution in [0.1, 0.15) is 24.8 Å². The van der Waals surface area contributed by atoms with Crippen LogP contribution in [0.5, 0.6) is 0 Å². The zero-order valence-corrected chi connectivity index (χ0v) is 10.7. The standard InChI is InChI=1S/C13H17N3S/c1-3-11(9-14-6-1)10-16(12-4-5-12)13-15-7-2-8-17-13/h1,3,6,9,12H,2,4-5,7-8,10H2. The predicted octanol–water partition coefficient (Wildman–Crippen LogP) is 2.54. The Kier molecular flexibility index (Phi) is 3.31. The van der Waals surface area contributed by atoms with Crippen molar-refractivity contribution in [1.82, 2.24) is 9.88 Å². The third-order valence-corrected chi connectivity index (χ3v) is 4.20. The topological polar surface area (TPSA) is 28.5 Å². The van der Waals surface area contributed by atoms with Crippen LogP contribution >= 0.6 is 11.8 Å². The van der Waals surface area contributed by atoms with Crippen molar-refractivity contribution in [3.8, 4) is 0 Å². The molecule has 0 spiro atoms. The maximum Gasteiger partial charge on any atom is 0.159 e. The van der Waals surface area contributed by atoms with E-state index in [9.17, 15) is 0 Å². The SMILES string of the molecule is c1cncc(CN(C2=NCCCS2)C2CC2)c1. The van der Waals surface area contributed by atoms with Crippen LogP contribution in [0.2, 0.25) is 0 Å². The molecule has 0 unspecified atom stereocenters. The summed E-state index contributed by atoms with van der Waals surface area (Å²) in [5, 5.41) is 1.25. The minimum Gasteiger partial charge on any atom is -0.344 e. The highest BCUT2D eigenvalue weighted by Crippen LogP contribution is 2.32. The summed E-state index contributed by atoms with van der Waals surface area (Å²) in [5.74, 6) is 1.22. The molecule has 3 nitrogen and oxygen atoms in total. The zero-order chi connectivity index (χ0) is 11.5. The number of amidine groups is 1. The molecule has 1 aromatic rings. The van der Waals surface area contributed by atoms with Gasteiger partial charge >= 0.3 is 0 Å². The molecule has 0 radical (unpaired) electrons. The monoisotopic (exact) mass is 247 g/mol. The number of aromatic nitrogens is 1. The van der Waals surface area contributed by atoms with E-state index in [-0.39, 0.29) is 0 Å². The molecular formula is C13H17N3S. The molecule has 1 fully saturated rings. The largest absolute Gasteiger partial charge is 0.344 e. The molecule has 0 N–H and O–H groups in total. The highest BCUT2D eigenvalue weighted by atomic mass is 32.2. The maximum atomic E-state index is 4.67. The van der Waals surface area contributed by atoms with Gasteiger partial charge in [0.1, 0.15) is 0 Å². The second kappa shape index (κ2) is 5.08. The quantitative estimate of drug-likeness (QED) is 0.822. The van der Waals surface area contributed by atoms with Gasteiger partial charge in [0.25, 0.3) is 0 Å². The summed E-state index contributed by atoms with van der Waals surface area (Å²) < 4.78 is 0. The molecule has 4 heteroatoms. The van der Waals surface area contributed by atoms with Gasteiger partial charge in [0.15, 0.2) is 5.17 Å². The summed E-state index contributed by atoms with van der Waals surface area (Å²) in [5.41, 5.74) is 1.29. The van der Waals surface area contributed by atoms with Crippen LogP contribution < -0.4 is 0 Å². The first-order chi connectivity index (χ1) is 8.43. The predicted molar refractivity (Wildman–Crippen MR) is 72.2 cm³/mol. The van der Waals surface area contributed by atoms with Gasteiger partial charge in [-0.1, -0.05) is 17.8 Å². The summed E-state index contributed by atoms with van der Waals surface area (Å²) >= 11 is 1.91. The molecule has 0 bridgehead atoms. The number of rotatable bonds is 3. The molecule has 2 aliphatic rings. The number of thioether (sulfide) groups is 1. The molecule has 0 saturated heterocycles. The van der Waals surface area contributed by atoms with Crippen LogP contribution in [-0.2, 0) is 6.54 Å². The Labute approximate surface area is 106 Å². The number of hydrogen-bond acceptors (Lipinski definition) is 4. The van der Waals surface area contributed by atoms with Crippen LogP contribution in [0, 0.1) is 0 Å². The fraction of sp³-hybridized carbons (Fsp3) is 0.538. The molecule has 90 valence electrons. The first-order valence-corrected chi connectivity index (χ1v) is 7.25. The smallest absolute Gasteiger partial charge is 0.159 e. The van der Waals surface area contributed by atoms with Crippen molar-refractivity contribution in [2.24, 2.45) is 4.99 Å². The third-order valence-electron chi connectivity index (χ3n) is 3.09. The number of nitrogens with zero attached hydrogens (tertiary/aromatic N) is 3. The molecule has 0 atom stereocenters. The summed E-state index contributed by atoms with van der Waals surface area (Å²) in [6.45, 7) is 1.96. The van der Waals surface area contributed by atoms with Gasteiger partial charge in [-0.05, 0) is 30.9 Å². The van der Waals surface area contributed by atoms with Crippen molar-refractivity contribution in [3.05, 3.63) is 30.1 Å². The highest BCUT2D eigenvalue weighted by molar-refractivity contribution is 8.13. The second-order valence-corrected chi connectivity index (χ2v) is 5.65. The van der Waals surface area contributed by atoms with Gasteiger partial charge in [-0.3, -0.25) is 9.98 Å². The first kappa shape index (κ1) is 11.1. The lowest BCUT2D eigenvalue weighted by Gasteiger charge is -2.27. The van der Waals surface area contributed by atoms with E-state index >= 15 is 0 Å². The van der Waals surface area contributed by atoms with Gasteiger partial charge in [-0.15, -0.1) is 0 Å². The van der Waals surface area contributed by atoms with Crippen molar-refractivity contribution in [3.63, 3.8) is 0 Å². The molecule has 1 saturated carbocycles. The van der Waals surface area contributed by atoms with Gasteiger partial charge in [0.2, 0.25) is 0 Å². The third kappa shape index (κ3) is 2.80. The second-order valence-electron chi connectivity index (χ2n) is 4.59. The van der Waals surface area contributed by atoms with Crippen LogP contribution in [0.3, 0.4) is 0 Å². The minimum absolute atomic E-state index is 0.722. The van der Waals surface area contributed by atoms with Gasteiger partial charge in [-0.2, -0.15) is 0 Å². The van der Waals surface area contributed by atoms with E-state index in [0.717, 1.165) is 19.1 Å². The van der Waals surface area contributed by atoms with E-state index in [1.165, 1.54) is 35.7 Å². The van der Waals surface area contributed by atoms with Crippen molar-refractivity contribution in [2.45, 2.75) is 31.8 Å². The van der Waals surface area contributed by atoms with E-state index < -0.39 is 0 Å². The fourth-order valence-electron chi connectivity index (χ4n) is 2.05. The zero-order valence-electron chi connectivity index (χ0n) is 9.88. The summed E-state index contributed by atoms with van der Waals surface area (Å²) in [6, 6.07) is 4.88. The number of pyridine rings is 1. The van der Waals surface area contributed by atoms with E-state index in [0.29, 0.717) is 0 Å². The Bertz CT molecular complexity index is 400. The molecular weight excluding hydrogens is 230 g/mol. The first-order valence-electron chi connectivity index (χ1n) is 6.26. The van der Waals surface area contributed by atoms with E-state index in [2.05, 4.69) is 20.9 Å². The van der Waals surface area contributed by atoms with E-state index in [4.69, 9.17) is 0 Å². The lowest BCUT2D eigenvalue weighted by Crippen LogP contribution is -2.32. The van der Waals surface area contributed by atoms with Crippen molar-refractivity contribution in [2.75, 3.05) is 12.3 Å². The van der Waals surface area contributed by atoms with E-state index in [1.807, 2.05) is 30.2 Å². The van der Waals surface area contributed by atoms with Crippen molar-refractivity contribution < 1.29 is 0 Å². The average Bonchev–Trinajstić information content (AvgIpc) is 3.23. The van der Waals surface area contributed by atoms with Crippen LogP contribution in [-0.4, -0.2) is 33.4 Å². The molecule has 0 amide bonds. The van der Waals surface area contributed by atoms with Crippen molar-refractivity contribution in [1.29, 1.82) is 0 Å². The molecule has 2 heterocycles. The lowest BCUT2D eigenvalue weighted by molar-refractivity contribution is 0.408. The molecule has 1 aliphatic carbocycles. The Morgan fingerprint density at radius 1 is 1.41 bits per heavy atom. The molecule has 3 rings (SSSR count). The number of aliphatic imine (C=N–C) groups is 1. The van der Waals surface area contributed by atoms with Gasteiger partial charge in [-0.25, -0.2) is 0 Å². The maximum absolute atomic E-state index is 4.67. The average molecular weight is 247 g/mol. The van der Waals surface area contributed by atoms with E-state index in [1.54, 1.807) is 0 Å². The van der Waals surface area contributed by atoms with Crippen molar-refractivity contribution >= 4 is 16.9 Å². The van der Waals surface area contributed by atoms with Crippen LogP contribution in [0.25, 0.3) is 0 Å². The summed E-state index contributed by atoms with van der Waals surface area (Å²) in [6.07, 6.45) is 7.65. The van der Waals surface area contributed by atoms with Gasteiger partial charge < -0.3 is 4.90 Å². The molecule has 1 aromatic heterocycles. The Balaban J connectivity index is 1.74. The van der Waals surface area contributed by atoms with Crippen LogP contribution in [0.15, 0.2) is 29.5 Å². The Morgan fingerprint density at radius 3 is 3.00 bits per heavy atom. The Hall–Kier alpha value is -1.03. The van der Waals surface area contributed by atoms with Gasteiger partial charge in [0.05, 0.1) is 0 Å². The number of hydrogen-bond donors (Lipinski definition) is 0. The summed E-state index contributed by atoms with van der Waals surface area (Å²) in [4.78, 5) is 11.3. The molecule has 1 aliphatic heterocycles. The van der Waals surface area contributed by atoms with Gasteiger partial charge in [0, 0.05) is 37.3 Å². The lowest BCUT2D eigenvalue weighted by atomic mass is 10.2. The highest BCUT2D eigenvalue weighted by Gasteiger charge is 2.32. The fourth-order valence-corrected chi connectivity index (χ4v) is 3.07.